The van der Waals surface area contributed by atoms with E-state index in [4.69, 9.17) is 9.52 Å². The molecule has 1 aromatic rings. The van der Waals surface area contributed by atoms with Gasteiger partial charge >= 0.3 is 5.97 Å². The van der Waals surface area contributed by atoms with Crippen molar-refractivity contribution in [1.29, 1.82) is 0 Å². The number of aryl methyl sites for hydroxylation is 1. The molecule has 0 amide bonds. The zero-order valence-electron chi connectivity index (χ0n) is 10.5. The van der Waals surface area contributed by atoms with Crippen LogP contribution in [0.5, 0.6) is 0 Å². The number of hydrogen-bond acceptors (Lipinski definition) is 3. The number of carboxylic acid groups (broad SMARTS) is 1. The largest absolute Gasteiger partial charge is 0.475 e. The lowest BCUT2D eigenvalue weighted by Gasteiger charge is -2.20. The summed E-state index contributed by atoms with van der Waals surface area (Å²) >= 11 is 0. The fourth-order valence-electron chi connectivity index (χ4n) is 2.42. The van der Waals surface area contributed by atoms with Crippen LogP contribution >= 0.6 is 0 Å². The standard InChI is InChI=1S/C13H18O4S/c1-9-7-10(17-12(9)13(14)15)8-18(16)11-5-3-2-4-6-11/h7,11H,2-6,8H2,1H3,(H,14,15). The van der Waals surface area contributed by atoms with Crippen molar-refractivity contribution in [1.82, 2.24) is 0 Å². The molecule has 1 fully saturated rings. The zero-order chi connectivity index (χ0) is 13.1. The first kappa shape index (κ1) is 13.3. The maximum atomic E-state index is 12.2. The van der Waals surface area contributed by atoms with Crippen molar-refractivity contribution in [2.24, 2.45) is 0 Å². The molecule has 5 heteroatoms. The third-order valence-electron chi connectivity index (χ3n) is 3.37. The Morgan fingerprint density at radius 3 is 2.67 bits per heavy atom. The summed E-state index contributed by atoms with van der Waals surface area (Å²) < 4.78 is 17.4. The van der Waals surface area contributed by atoms with Crippen LogP contribution in [-0.2, 0) is 16.6 Å². The molecule has 2 rings (SSSR count). The predicted octanol–water partition coefficient (Wildman–Crippen LogP) is 2.87. The normalized spacial score (nSPS) is 18.7. The van der Waals surface area contributed by atoms with Gasteiger partial charge in [0.05, 0.1) is 5.75 Å². The van der Waals surface area contributed by atoms with E-state index in [9.17, 15) is 9.00 Å². The van der Waals surface area contributed by atoms with E-state index in [1.165, 1.54) is 6.42 Å². The molecule has 18 heavy (non-hydrogen) atoms. The van der Waals surface area contributed by atoms with Gasteiger partial charge in [0.15, 0.2) is 0 Å². The van der Waals surface area contributed by atoms with Gasteiger partial charge in [0, 0.05) is 21.6 Å². The van der Waals surface area contributed by atoms with Gasteiger partial charge in [-0.1, -0.05) is 19.3 Å². The minimum absolute atomic E-state index is 0.0364. The fraction of sp³-hybridized carbons (Fsp3) is 0.615. The summed E-state index contributed by atoms with van der Waals surface area (Å²) in [4.78, 5) is 10.9. The van der Waals surface area contributed by atoms with Gasteiger partial charge in [-0.05, 0) is 25.8 Å². The van der Waals surface area contributed by atoms with E-state index in [0.29, 0.717) is 17.1 Å². The van der Waals surface area contributed by atoms with E-state index < -0.39 is 16.8 Å². The molecular weight excluding hydrogens is 252 g/mol. The van der Waals surface area contributed by atoms with E-state index in [2.05, 4.69) is 0 Å². The molecule has 0 spiro atoms. The monoisotopic (exact) mass is 270 g/mol. The SMILES string of the molecule is Cc1cc(CS(=O)C2CCCCC2)oc1C(=O)O. The highest BCUT2D eigenvalue weighted by Crippen LogP contribution is 2.25. The molecule has 1 aliphatic carbocycles. The van der Waals surface area contributed by atoms with Gasteiger partial charge in [0.25, 0.3) is 0 Å². The molecule has 1 N–H and O–H groups in total. The minimum atomic E-state index is -1.07. The Kier molecular flexibility index (Phi) is 4.22. The molecule has 0 bridgehead atoms. The lowest BCUT2D eigenvalue weighted by atomic mass is 10.0. The first-order chi connectivity index (χ1) is 8.58. The molecule has 4 nitrogen and oxygen atoms in total. The average Bonchev–Trinajstić information content (AvgIpc) is 2.71. The van der Waals surface area contributed by atoms with Crippen LogP contribution in [0.2, 0.25) is 0 Å². The number of rotatable bonds is 4. The Bertz CT molecular complexity index is 458. The van der Waals surface area contributed by atoms with E-state index in [0.717, 1.165) is 25.7 Å². The van der Waals surface area contributed by atoms with Crippen molar-refractivity contribution in [3.63, 3.8) is 0 Å². The summed E-state index contributed by atoms with van der Waals surface area (Å²) in [5, 5.41) is 9.14. The van der Waals surface area contributed by atoms with Crippen molar-refractivity contribution in [3.05, 3.63) is 23.2 Å². The van der Waals surface area contributed by atoms with Gasteiger partial charge in [0.1, 0.15) is 5.76 Å². The van der Waals surface area contributed by atoms with Crippen LogP contribution in [0.25, 0.3) is 0 Å². The van der Waals surface area contributed by atoms with Gasteiger partial charge in [-0.15, -0.1) is 0 Å². The molecule has 1 saturated carbocycles. The Balaban J connectivity index is 2.02. The van der Waals surface area contributed by atoms with Gasteiger partial charge in [0.2, 0.25) is 5.76 Å². The summed E-state index contributed by atoms with van der Waals surface area (Å²) in [5.41, 5.74) is 0.596. The first-order valence-electron chi connectivity index (χ1n) is 6.27. The van der Waals surface area contributed by atoms with Gasteiger partial charge in [-0.2, -0.15) is 0 Å². The van der Waals surface area contributed by atoms with E-state index >= 15 is 0 Å². The molecule has 1 unspecified atom stereocenters. The van der Waals surface area contributed by atoms with Crippen LogP contribution in [-0.4, -0.2) is 20.5 Å². The quantitative estimate of drug-likeness (QED) is 0.913. The lowest BCUT2D eigenvalue weighted by molar-refractivity contribution is 0.0659. The summed E-state index contributed by atoms with van der Waals surface area (Å²) in [6.07, 6.45) is 5.55. The maximum Gasteiger partial charge on any atom is 0.372 e. The number of hydrogen-bond donors (Lipinski definition) is 1. The number of furan rings is 1. The second kappa shape index (κ2) is 5.69. The van der Waals surface area contributed by atoms with Crippen LogP contribution < -0.4 is 0 Å². The third kappa shape index (κ3) is 3.02. The fourth-order valence-corrected chi connectivity index (χ4v) is 3.94. The van der Waals surface area contributed by atoms with Crippen LogP contribution in [0.15, 0.2) is 10.5 Å². The van der Waals surface area contributed by atoms with Gasteiger partial charge < -0.3 is 9.52 Å². The molecule has 100 valence electrons. The molecule has 0 radical (unpaired) electrons. The predicted molar refractivity (Wildman–Crippen MR) is 69.1 cm³/mol. The van der Waals surface area contributed by atoms with Gasteiger partial charge in [-0.25, -0.2) is 4.79 Å². The first-order valence-corrected chi connectivity index (χ1v) is 7.66. The highest BCUT2D eigenvalue weighted by atomic mass is 32.2. The maximum absolute atomic E-state index is 12.2. The molecule has 0 saturated heterocycles. The second-order valence-corrected chi connectivity index (χ2v) is 6.53. The van der Waals surface area contributed by atoms with Crippen LogP contribution in [0.4, 0.5) is 0 Å². The Morgan fingerprint density at radius 2 is 2.11 bits per heavy atom. The lowest BCUT2D eigenvalue weighted by Crippen LogP contribution is -2.19. The van der Waals surface area contributed by atoms with Crippen LogP contribution in [0.1, 0.15) is 54.0 Å². The number of carbonyl (C=O) groups is 1. The Hall–Kier alpha value is -1.10. The van der Waals surface area contributed by atoms with Crippen molar-refractivity contribution in [3.8, 4) is 0 Å². The molecular formula is C13H18O4S. The summed E-state index contributed by atoms with van der Waals surface area (Å²) in [6, 6.07) is 1.68. The highest BCUT2D eigenvalue weighted by molar-refractivity contribution is 7.84. The van der Waals surface area contributed by atoms with E-state index in [1.807, 2.05) is 0 Å². The molecule has 0 aromatic carbocycles. The zero-order valence-corrected chi connectivity index (χ0v) is 11.3. The topological polar surface area (TPSA) is 67.5 Å². The smallest absolute Gasteiger partial charge is 0.372 e. The van der Waals surface area contributed by atoms with E-state index in [1.54, 1.807) is 13.0 Å². The van der Waals surface area contributed by atoms with Crippen molar-refractivity contribution in [2.45, 2.75) is 50.0 Å². The summed E-state index contributed by atoms with van der Waals surface area (Å²) in [7, 11) is -0.952. The second-order valence-electron chi connectivity index (χ2n) is 4.82. The van der Waals surface area contributed by atoms with Gasteiger partial charge in [-0.3, -0.25) is 4.21 Å². The summed E-state index contributed by atoms with van der Waals surface area (Å²) in [5.74, 6) is -0.250. The highest BCUT2D eigenvalue weighted by Gasteiger charge is 2.22. The molecule has 0 aliphatic heterocycles. The van der Waals surface area contributed by atoms with Crippen molar-refractivity contribution in [2.75, 3.05) is 0 Å². The van der Waals surface area contributed by atoms with Crippen LogP contribution in [0.3, 0.4) is 0 Å². The Morgan fingerprint density at radius 1 is 1.44 bits per heavy atom. The van der Waals surface area contributed by atoms with Crippen LogP contribution in [0, 0.1) is 6.92 Å². The van der Waals surface area contributed by atoms with Crippen molar-refractivity contribution >= 4 is 16.8 Å². The molecule has 1 heterocycles. The van der Waals surface area contributed by atoms with E-state index in [-0.39, 0.29) is 11.0 Å². The molecule has 1 aliphatic rings. The molecule has 1 aromatic heterocycles. The van der Waals surface area contributed by atoms with Crippen molar-refractivity contribution < 1.29 is 18.5 Å². The molecule has 1 atom stereocenters. The third-order valence-corrected chi connectivity index (χ3v) is 5.16. The minimum Gasteiger partial charge on any atom is -0.475 e. The summed E-state index contributed by atoms with van der Waals surface area (Å²) in [6.45, 7) is 1.69. The average molecular weight is 270 g/mol. The number of aromatic carboxylic acids is 1. The Labute approximate surface area is 109 Å². The number of carboxylic acids is 1.